The van der Waals surface area contributed by atoms with Crippen LogP contribution in [0.1, 0.15) is 5.69 Å². The van der Waals surface area contributed by atoms with E-state index in [-0.39, 0.29) is 6.42 Å². The molecule has 8 nitrogen and oxygen atoms in total. The van der Waals surface area contributed by atoms with Crippen molar-refractivity contribution in [1.82, 2.24) is 4.98 Å². The molecule has 1 fully saturated rings. The summed E-state index contributed by atoms with van der Waals surface area (Å²) in [7, 11) is 3.12. The molecule has 2 heterocycles. The Bertz CT molecular complexity index is 767. The van der Waals surface area contributed by atoms with Crippen molar-refractivity contribution < 1.29 is 34.6 Å². The highest BCUT2D eigenvalue weighted by Gasteiger charge is 2.43. The lowest BCUT2D eigenvalue weighted by Gasteiger charge is -2.40. The first-order chi connectivity index (χ1) is 12.5. The topological polar surface area (TPSA) is 122 Å². The molecule has 0 bridgehead atoms. The summed E-state index contributed by atoms with van der Waals surface area (Å²) in [6.07, 6.45) is -5.63. The van der Waals surface area contributed by atoms with E-state index in [9.17, 15) is 20.4 Å². The second-order valence-corrected chi connectivity index (χ2v) is 6.24. The molecule has 0 aliphatic carbocycles. The van der Waals surface area contributed by atoms with Crippen LogP contribution in [0.2, 0.25) is 0 Å². The second-order valence-electron chi connectivity index (χ2n) is 6.24. The molecule has 26 heavy (non-hydrogen) atoms. The van der Waals surface area contributed by atoms with Gasteiger partial charge in [-0.05, 0) is 24.3 Å². The monoisotopic (exact) mass is 365 g/mol. The molecule has 1 aliphatic heterocycles. The largest absolute Gasteiger partial charge is 0.496 e. The van der Waals surface area contributed by atoms with Gasteiger partial charge in [0.2, 0.25) is 0 Å². The van der Waals surface area contributed by atoms with E-state index < -0.39 is 37.1 Å². The Hall–Kier alpha value is -1.97. The maximum Gasteiger partial charge on any atom is 0.145 e. The van der Waals surface area contributed by atoms with Crippen molar-refractivity contribution in [2.45, 2.75) is 36.9 Å². The van der Waals surface area contributed by atoms with E-state index in [0.29, 0.717) is 22.7 Å². The number of aliphatic hydroxyl groups is 4. The minimum atomic E-state index is -1.40. The molecule has 5 atom stereocenters. The van der Waals surface area contributed by atoms with Crippen LogP contribution in [0.15, 0.2) is 24.3 Å². The molecule has 0 saturated carbocycles. The van der Waals surface area contributed by atoms with Crippen LogP contribution < -0.4 is 9.47 Å². The van der Waals surface area contributed by atoms with Crippen LogP contribution in [0, 0.1) is 0 Å². The van der Waals surface area contributed by atoms with Crippen LogP contribution in [0.25, 0.3) is 10.9 Å². The zero-order chi connectivity index (χ0) is 18.8. The zero-order valence-electron chi connectivity index (χ0n) is 14.6. The molecule has 0 amide bonds. The molecule has 1 saturated heterocycles. The first kappa shape index (κ1) is 18.8. The van der Waals surface area contributed by atoms with Crippen molar-refractivity contribution in [3.8, 4) is 11.5 Å². The number of fused-ring (bicyclic) bond motifs is 1. The molecule has 4 N–H and O–H groups in total. The van der Waals surface area contributed by atoms with Crippen molar-refractivity contribution >= 4 is 10.9 Å². The van der Waals surface area contributed by atoms with Gasteiger partial charge in [-0.15, -0.1) is 0 Å². The van der Waals surface area contributed by atoms with Gasteiger partial charge in [0.15, 0.2) is 0 Å². The normalized spacial score (nSPS) is 28.9. The summed E-state index contributed by atoms with van der Waals surface area (Å²) < 4.78 is 16.2. The first-order valence-electron chi connectivity index (χ1n) is 8.31. The predicted molar refractivity (Wildman–Crippen MR) is 92.3 cm³/mol. The summed E-state index contributed by atoms with van der Waals surface area (Å²) in [5, 5.41) is 40.1. The Labute approximate surface area is 150 Å². The molecule has 1 aliphatic rings. The molecule has 1 aromatic carbocycles. The Morgan fingerprint density at radius 3 is 2.23 bits per heavy atom. The number of pyridine rings is 1. The SMILES string of the molecule is COc1ccc(OC)c2nc(C[C@@H]3O[C@@H](CO)[C@H](O)[C@@H](O)[C@@H]3O)ccc12. The lowest BCUT2D eigenvalue weighted by Crippen LogP contribution is -2.59. The van der Waals surface area contributed by atoms with E-state index in [0.717, 1.165) is 5.39 Å². The minimum absolute atomic E-state index is 0.192. The molecule has 2 aromatic rings. The highest BCUT2D eigenvalue weighted by atomic mass is 16.5. The van der Waals surface area contributed by atoms with Gasteiger partial charge in [-0.25, -0.2) is 4.98 Å². The maximum atomic E-state index is 10.2. The Morgan fingerprint density at radius 1 is 0.923 bits per heavy atom. The summed E-state index contributed by atoms with van der Waals surface area (Å²) in [4.78, 5) is 4.58. The second kappa shape index (κ2) is 7.73. The molecule has 0 unspecified atom stereocenters. The van der Waals surface area contributed by atoms with Crippen LogP contribution in [0.4, 0.5) is 0 Å². The number of ether oxygens (including phenoxy) is 3. The van der Waals surface area contributed by atoms with Gasteiger partial charge in [0.05, 0.1) is 26.9 Å². The molecule has 8 heteroatoms. The molecular weight excluding hydrogens is 342 g/mol. The maximum absolute atomic E-state index is 10.2. The van der Waals surface area contributed by atoms with Crippen molar-refractivity contribution in [2.24, 2.45) is 0 Å². The fraction of sp³-hybridized carbons (Fsp3) is 0.500. The Kier molecular flexibility index (Phi) is 5.59. The van der Waals surface area contributed by atoms with Crippen LogP contribution in [-0.2, 0) is 11.2 Å². The van der Waals surface area contributed by atoms with Crippen molar-refractivity contribution in [3.05, 3.63) is 30.0 Å². The average Bonchev–Trinajstić information content (AvgIpc) is 2.67. The number of hydrogen-bond acceptors (Lipinski definition) is 8. The number of hydrogen-bond donors (Lipinski definition) is 4. The van der Waals surface area contributed by atoms with Gasteiger partial charge in [0.25, 0.3) is 0 Å². The van der Waals surface area contributed by atoms with Crippen molar-refractivity contribution in [2.75, 3.05) is 20.8 Å². The quantitative estimate of drug-likeness (QED) is 0.567. The minimum Gasteiger partial charge on any atom is -0.496 e. The number of aliphatic hydroxyl groups excluding tert-OH is 4. The van der Waals surface area contributed by atoms with Gasteiger partial charge in [-0.1, -0.05) is 0 Å². The van der Waals surface area contributed by atoms with E-state index in [2.05, 4.69) is 4.98 Å². The van der Waals surface area contributed by atoms with Crippen molar-refractivity contribution in [3.63, 3.8) is 0 Å². The van der Waals surface area contributed by atoms with Crippen molar-refractivity contribution in [1.29, 1.82) is 0 Å². The highest BCUT2D eigenvalue weighted by Crippen LogP contribution is 2.32. The zero-order valence-corrected chi connectivity index (χ0v) is 14.6. The van der Waals surface area contributed by atoms with E-state index in [1.54, 1.807) is 32.4 Å². The predicted octanol–water partition coefficient (Wildman–Crippen LogP) is -0.363. The third kappa shape index (κ3) is 3.34. The van der Waals surface area contributed by atoms with Gasteiger partial charge in [-0.2, -0.15) is 0 Å². The molecule has 1 aromatic heterocycles. The average molecular weight is 365 g/mol. The van der Waals surface area contributed by atoms with Gasteiger partial charge < -0.3 is 34.6 Å². The number of aromatic nitrogens is 1. The molecule has 0 spiro atoms. The van der Waals surface area contributed by atoms with E-state index in [1.165, 1.54) is 0 Å². The van der Waals surface area contributed by atoms with Crippen LogP contribution in [0.3, 0.4) is 0 Å². The van der Waals surface area contributed by atoms with Gasteiger partial charge >= 0.3 is 0 Å². The van der Waals surface area contributed by atoms with Crippen LogP contribution in [-0.4, -0.2) is 76.8 Å². The molecule has 3 rings (SSSR count). The number of benzene rings is 1. The molecule has 142 valence electrons. The van der Waals surface area contributed by atoms with E-state index in [4.69, 9.17) is 14.2 Å². The smallest absolute Gasteiger partial charge is 0.145 e. The number of nitrogens with zero attached hydrogens (tertiary/aromatic N) is 1. The number of methoxy groups -OCH3 is 2. The fourth-order valence-corrected chi connectivity index (χ4v) is 3.22. The van der Waals surface area contributed by atoms with E-state index in [1.807, 2.05) is 6.07 Å². The van der Waals surface area contributed by atoms with Crippen LogP contribution in [0.5, 0.6) is 11.5 Å². The summed E-state index contributed by atoms with van der Waals surface area (Å²) >= 11 is 0. The van der Waals surface area contributed by atoms with Gasteiger partial charge in [0, 0.05) is 17.5 Å². The van der Waals surface area contributed by atoms with Gasteiger partial charge in [-0.3, -0.25) is 0 Å². The third-order valence-electron chi connectivity index (χ3n) is 4.68. The fourth-order valence-electron chi connectivity index (χ4n) is 3.22. The lowest BCUT2D eigenvalue weighted by atomic mass is 9.92. The van der Waals surface area contributed by atoms with Gasteiger partial charge in [0.1, 0.15) is 41.4 Å². The van der Waals surface area contributed by atoms with E-state index >= 15 is 0 Å². The third-order valence-corrected chi connectivity index (χ3v) is 4.68. The summed E-state index contributed by atoms with van der Waals surface area (Å²) in [5.74, 6) is 1.24. The summed E-state index contributed by atoms with van der Waals surface area (Å²) in [5.41, 5.74) is 1.21. The Balaban J connectivity index is 1.91. The lowest BCUT2D eigenvalue weighted by molar-refractivity contribution is -0.228. The van der Waals surface area contributed by atoms with Crippen LogP contribution >= 0.6 is 0 Å². The molecular formula is C18H23NO7. The summed E-state index contributed by atoms with van der Waals surface area (Å²) in [6, 6.07) is 7.15. The highest BCUT2D eigenvalue weighted by molar-refractivity contribution is 5.90. The molecule has 0 radical (unpaired) electrons. The first-order valence-corrected chi connectivity index (χ1v) is 8.31. The Morgan fingerprint density at radius 2 is 1.58 bits per heavy atom. The number of rotatable bonds is 5. The standard InChI is InChI=1S/C18H23NO7/c1-24-11-5-6-12(25-2)15-10(11)4-3-9(19-15)7-13-16(21)18(23)17(22)14(8-20)26-13/h3-6,13-14,16-18,20-23H,7-8H2,1-2H3/t13-,14-,16+,17-,18-/m0/s1. The summed E-state index contributed by atoms with van der Waals surface area (Å²) in [6.45, 7) is -0.461.